The van der Waals surface area contributed by atoms with Crippen LogP contribution in [0.1, 0.15) is 25.7 Å². The molecule has 4 aliphatic heterocycles. The van der Waals surface area contributed by atoms with Gasteiger partial charge in [-0.2, -0.15) is 0 Å². The average Bonchev–Trinajstić information content (AvgIpc) is 3.40. The van der Waals surface area contributed by atoms with Crippen LogP contribution in [0.5, 0.6) is 0 Å². The van der Waals surface area contributed by atoms with Crippen molar-refractivity contribution in [1.82, 2.24) is 20.4 Å². The van der Waals surface area contributed by atoms with E-state index in [2.05, 4.69) is 31.5 Å². The summed E-state index contributed by atoms with van der Waals surface area (Å²) >= 11 is 5.41. The first-order valence-corrected chi connectivity index (χ1v) is 13.8. The van der Waals surface area contributed by atoms with E-state index in [-0.39, 0.29) is 34.4 Å². The standard InChI is InChI=1S/C22H35BrN4O5S/c1-24-19(29)15-16-21(31)27(6-3-2-4-10-28)18(22(16)13-14(23)17(15)33-22)20(30)25-5-7-26-8-11-32-12-9-26/h14-18,28H,2-13H2,1H3,(H,24,29)(H,25,30)/t14?,15-,16+,17-,18?,22?/m1/s1. The highest BCUT2D eigenvalue weighted by molar-refractivity contribution is 9.09. The molecule has 4 rings (SSSR count). The predicted octanol–water partition coefficient (Wildman–Crippen LogP) is -0.192. The number of ether oxygens (including phenoxy) is 1. The zero-order chi connectivity index (χ0) is 23.6. The number of rotatable bonds is 10. The Balaban J connectivity index is 1.52. The minimum absolute atomic E-state index is 0.0147. The van der Waals surface area contributed by atoms with E-state index in [4.69, 9.17) is 9.84 Å². The van der Waals surface area contributed by atoms with Crippen molar-refractivity contribution in [2.24, 2.45) is 11.8 Å². The summed E-state index contributed by atoms with van der Waals surface area (Å²) in [4.78, 5) is 44.2. The van der Waals surface area contributed by atoms with E-state index >= 15 is 0 Å². The van der Waals surface area contributed by atoms with Crippen molar-refractivity contribution in [2.45, 2.75) is 46.5 Å². The van der Waals surface area contributed by atoms with E-state index in [0.717, 1.165) is 32.5 Å². The molecule has 0 saturated carbocycles. The van der Waals surface area contributed by atoms with Crippen LogP contribution in [-0.4, -0.2) is 113 Å². The molecule has 0 radical (unpaired) electrons. The number of carbonyl (C=O) groups excluding carboxylic acids is 3. The number of hydrogen-bond donors (Lipinski definition) is 3. The molecule has 4 saturated heterocycles. The van der Waals surface area contributed by atoms with Crippen LogP contribution in [0.2, 0.25) is 0 Å². The molecule has 0 aliphatic carbocycles. The van der Waals surface area contributed by atoms with Gasteiger partial charge in [-0.3, -0.25) is 19.3 Å². The Morgan fingerprint density at radius 2 is 1.97 bits per heavy atom. The topological polar surface area (TPSA) is 111 Å². The molecule has 33 heavy (non-hydrogen) atoms. The first-order valence-electron chi connectivity index (χ1n) is 12.0. The molecule has 4 heterocycles. The van der Waals surface area contributed by atoms with Crippen LogP contribution in [0.25, 0.3) is 0 Å². The van der Waals surface area contributed by atoms with Gasteiger partial charge in [-0.1, -0.05) is 15.9 Å². The summed E-state index contributed by atoms with van der Waals surface area (Å²) in [5.41, 5.74) is 0. The fraction of sp³-hybridized carbons (Fsp3) is 0.864. The van der Waals surface area contributed by atoms with E-state index in [9.17, 15) is 14.4 Å². The lowest BCUT2D eigenvalue weighted by Gasteiger charge is -2.35. The molecule has 0 aromatic carbocycles. The number of hydrogen-bond acceptors (Lipinski definition) is 7. The fourth-order valence-electron chi connectivity index (χ4n) is 5.97. The maximum absolute atomic E-state index is 13.7. The molecular weight excluding hydrogens is 512 g/mol. The highest BCUT2D eigenvalue weighted by Crippen LogP contribution is 2.67. The van der Waals surface area contributed by atoms with Crippen LogP contribution in [0.4, 0.5) is 0 Å². The Bertz CT molecular complexity index is 754. The molecule has 0 aromatic rings. The van der Waals surface area contributed by atoms with Gasteiger partial charge in [-0.05, 0) is 25.7 Å². The second-order valence-electron chi connectivity index (χ2n) is 9.34. The maximum Gasteiger partial charge on any atom is 0.244 e. The summed E-state index contributed by atoms with van der Waals surface area (Å²) in [6.07, 6.45) is 2.89. The van der Waals surface area contributed by atoms with E-state index in [1.165, 1.54) is 0 Å². The fourth-order valence-corrected chi connectivity index (χ4v) is 9.58. The quantitative estimate of drug-likeness (QED) is 0.257. The number of unbranched alkanes of at least 4 members (excludes halogenated alkanes) is 2. The second kappa shape index (κ2) is 10.8. The van der Waals surface area contributed by atoms with Crippen molar-refractivity contribution in [3.05, 3.63) is 0 Å². The van der Waals surface area contributed by atoms with Crippen molar-refractivity contribution < 1.29 is 24.2 Å². The monoisotopic (exact) mass is 546 g/mol. The average molecular weight is 548 g/mol. The first kappa shape index (κ1) is 25.2. The van der Waals surface area contributed by atoms with Crippen LogP contribution >= 0.6 is 27.7 Å². The Kier molecular flexibility index (Phi) is 8.26. The Morgan fingerprint density at radius 3 is 2.67 bits per heavy atom. The molecule has 11 heteroatoms. The number of carbonyl (C=O) groups is 3. The van der Waals surface area contributed by atoms with Crippen molar-refractivity contribution in [1.29, 1.82) is 0 Å². The zero-order valence-corrected chi connectivity index (χ0v) is 21.5. The van der Waals surface area contributed by atoms with Crippen molar-refractivity contribution in [3.63, 3.8) is 0 Å². The highest BCUT2D eigenvalue weighted by Gasteiger charge is 2.75. The number of aliphatic hydroxyl groups excluding tert-OH is 1. The van der Waals surface area contributed by atoms with Crippen molar-refractivity contribution in [3.8, 4) is 0 Å². The van der Waals surface area contributed by atoms with Crippen LogP contribution in [0.3, 0.4) is 0 Å². The molecule has 4 aliphatic rings. The Labute approximate surface area is 207 Å². The van der Waals surface area contributed by atoms with Crippen LogP contribution in [-0.2, 0) is 19.1 Å². The molecule has 1 spiro atoms. The minimum atomic E-state index is -0.590. The molecule has 3 N–H and O–H groups in total. The molecule has 9 nitrogen and oxygen atoms in total. The summed E-state index contributed by atoms with van der Waals surface area (Å²) in [5, 5.41) is 14.9. The van der Waals surface area contributed by atoms with Gasteiger partial charge in [-0.15, -0.1) is 11.8 Å². The van der Waals surface area contributed by atoms with Gasteiger partial charge < -0.3 is 25.4 Å². The molecule has 186 valence electrons. The van der Waals surface area contributed by atoms with Gasteiger partial charge in [0.2, 0.25) is 17.7 Å². The number of alkyl halides is 1. The molecule has 3 amide bonds. The number of nitrogens with one attached hydrogen (secondary N) is 2. The van der Waals surface area contributed by atoms with E-state index in [0.29, 0.717) is 39.1 Å². The lowest BCUT2D eigenvalue weighted by atomic mass is 9.70. The third-order valence-corrected chi connectivity index (χ3v) is 10.7. The summed E-state index contributed by atoms with van der Waals surface area (Å²) in [5.74, 6) is -1.22. The third kappa shape index (κ3) is 4.68. The Hall–Kier alpha value is -0.880. The van der Waals surface area contributed by atoms with Gasteiger partial charge in [0, 0.05) is 56.5 Å². The number of nitrogens with zero attached hydrogens (tertiary/aromatic N) is 2. The maximum atomic E-state index is 13.7. The lowest BCUT2D eigenvalue weighted by Crippen LogP contribution is -2.55. The number of halogens is 1. The van der Waals surface area contributed by atoms with Gasteiger partial charge in [0.15, 0.2) is 0 Å². The summed E-state index contributed by atoms with van der Waals surface area (Å²) < 4.78 is 4.80. The molecule has 2 bridgehead atoms. The molecule has 4 fully saturated rings. The molecular formula is C22H35BrN4O5S. The predicted molar refractivity (Wildman–Crippen MR) is 129 cm³/mol. The second-order valence-corrected chi connectivity index (χ2v) is 12.1. The van der Waals surface area contributed by atoms with Gasteiger partial charge in [0.1, 0.15) is 6.04 Å². The lowest BCUT2D eigenvalue weighted by molar-refractivity contribution is -0.139. The Morgan fingerprint density at radius 1 is 1.21 bits per heavy atom. The van der Waals surface area contributed by atoms with Gasteiger partial charge in [-0.25, -0.2) is 0 Å². The zero-order valence-electron chi connectivity index (χ0n) is 19.1. The van der Waals surface area contributed by atoms with E-state index < -0.39 is 22.6 Å². The van der Waals surface area contributed by atoms with E-state index in [1.54, 1.807) is 23.7 Å². The van der Waals surface area contributed by atoms with Crippen molar-refractivity contribution >= 4 is 45.4 Å². The largest absolute Gasteiger partial charge is 0.396 e. The number of fused-ring (bicyclic) bond motifs is 1. The molecule has 0 aromatic heterocycles. The molecule has 3 unspecified atom stereocenters. The third-order valence-electron chi connectivity index (χ3n) is 7.47. The number of likely N-dealkylation sites (tertiary alicyclic amines) is 1. The SMILES string of the molecule is CNC(=O)[C@H]1[C@@H]2SC3(CC2Br)C(C(=O)NCCN2CCOCC2)N(CCCCCO)C(=O)[C@H]13. The van der Waals surface area contributed by atoms with E-state index in [1.807, 2.05) is 0 Å². The highest BCUT2D eigenvalue weighted by atomic mass is 79.9. The van der Waals surface area contributed by atoms with Crippen LogP contribution < -0.4 is 10.6 Å². The van der Waals surface area contributed by atoms with Gasteiger partial charge in [0.05, 0.1) is 29.8 Å². The number of morpholine rings is 1. The summed E-state index contributed by atoms with van der Waals surface area (Å²) in [6, 6.07) is -0.585. The summed E-state index contributed by atoms with van der Waals surface area (Å²) in [7, 11) is 1.61. The van der Waals surface area contributed by atoms with Crippen molar-refractivity contribution in [2.75, 3.05) is 59.6 Å². The number of aliphatic hydroxyl groups is 1. The molecule has 6 atom stereocenters. The first-order chi connectivity index (χ1) is 15.9. The van der Waals surface area contributed by atoms with Crippen LogP contribution in [0.15, 0.2) is 0 Å². The normalized spacial score (nSPS) is 35.7. The summed E-state index contributed by atoms with van der Waals surface area (Å²) in [6.45, 7) is 5.00. The minimum Gasteiger partial charge on any atom is -0.396 e. The van der Waals surface area contributed by atoms with Gasteiger partial charge >= 0.3 is 0 Å². The smallest absolute Gasteiger partial charge is 0.244 e. The van der Waals surface area contributed by atoms with Crippen LogP contribution in [0, 0.1) is 11.8 Å². The number of amides is 3. The van der Waals surface area contributed by atoms with Gasteiger partial charge in [0.25, 0.3) is 0 Å². The number of thioether (sulfide) groups is 1.